The molecule has 1 aromatic rings. The van der Waals surface area contributed by atoms with Crippen LogP contribution in [-0.4, -0.2) is 24.4 Å². The van der Waals surface area contributed by atoms with E-state index in [-0.39, 0.29) is 12.1 Å². The number of carbonyl (C=O) groups is 1. The van der Waals surface area contributed by atoms with Crippen LogP contribution in [0.3, 0.4) is 0 Å². The fraction of sp³-hybridized carbons (Fsp3) is 0.421. The Labute approximate surface area is 138 Å². The van der Waals surface area contributed by atoms with E-state index < -0.39 is 5.72 Å². The fourth-order valence-electron chi connectivity index (χ4n) is 2.55. The summed E-state index contributed by atoms with van der Waals surface area (Å²) in [5.41, 5.74) is 7.49. The van der Waals surface area contributed by atoms with Gasteiger partial charge in [0.05, 0.1) is 0 Å². The van der Waals surface area contributed by atoms with Crippen molar-refractivity contribution in [1.29, 1.82) is 0 Å². The van der Waals surface area contributed by atoms with E-state index in [4.69, 9.17) is 15.2 Å². The zero-order valence-corrected chi connectivity index (χ0v) is 13.8. The second-order valence-electron chi connectivity index (χ2n) is 5.85. The van der Waals surface area contributed by atoms with E-state index in [1.807, 2.05) is 42.5 Å². The van der Waals surface area contributed by atoms with E-state index in [1.54, 1.807) is 6.08 Å². The van der Waals surface area contributed by atoms with Gasteiger partial charge in [-0.1, -0.05) is 49.8 Å². The van der Waals surface area contributed by atoms with Gasteiger partial charge in [-0.3, -0.25) is 10.5 Å². The summed E-state index contributed by atoms with van der Waals surface area (Å²) in [7, 11) is 0. The SMILES string of the molecule is CCCCOC1(N)C=CC(OC(C)=O)C(=Cc2ccccc2)C1. The molecule has 0 fully saturated rings. The molecule has 0 saturated carbocycles. The van der Waals surface area contributed by atoms with Crippen molar-refractivity contribution >= 4 is 12.0 Å². The van der Waals surface area contributed by atoms with Gasteiger partial charge < -0.3 is 9.47 Å². The van der Waals surface area contributed by atoms with E-state index in [1.165, 1.54) is 6.92 Å². The minimum absolute atomic E-state index is 0.310. The Kier molecular flexibility index (Phi) is 6.13. The van der Waals surface area contributed by atoms with Crippen LogP contribution in [0.4, 0.5) is 0 Å². The minimum atomic E-state index is -0.841. The highest BCUT2D eigenvalue weighted by Crippen LogP contribution is 2.30. The van der Waals surface area contributed by atoms with Crippen molar-refractivity contribution in [3.8, 4) is 0 Å². The molecule has 4 heteroatoms. The molecule has 2 N–H and O–H groups in total. The Balaban J connectivity index is 2.22. The summed E-state index contributed by atoms with van der Waals surface area (Å²) in [6.45, 7) is 4.14. The number of rotatable bonds is 6. The Morgan fingerprint density at radius 3 is 2.78 bits per heavy atom. The first kappa shape index (κ1) is 17.4. The van der Waals surface area contributed by atoms with E-state index in [0.29, 0.717) is 13.0 Å². The maximum absolute atomic E-state index is 11.3. The molecule has 2 rings (SSSR count). The predicted molar refractivity (Wildman–Crippen MR) is 91.5 cm³/mol. The molecule has 23 heavy (non-hydrogen) atoms. The highest BCUT2D eigenvalue weighted by Gasteiger charge is 2.32. The molecule has 0 radical (unpaired) electrons. The van der Waals surface area contributed by atoms with Crippen LogP contribution in [0.5, 0.6) is 0 Å². The number of ether oxygens (including phenoxy) is 2. The Morgan fingerprint density at radius 2 is 2.13 bits per heavy atom. The Bertz CT molecular complexity index is 580. The van der Waals surface area contributed by atoms with Gasteiger partial charge in [0, 0.05) is 20.0 Å². The summed E-state index contributed by atoms with van der Waals surface area (Å²) in [5, 5.41) is 0. The summed E-state index contributed by atoms with van der Waals surface area (Å²) in [5.74, 6) is -0.310. The third-order valence-electron chi connectivity index (χ3n) is 3.71. The van der Waals surface area contributed by atoms with Crippen molar-refractivity contribution in [2.24, 2.45) is 5.73 Å². The predicted octanol–water partition coefficient (Wildman–Crippen LogP) is 3.43. The van der Waals surface area contributed by atoms with Gasteiger partial charge in [-0.25, -0.2) is 0 Å². The lowest BCUT2D eigenvalue weighted by Crippen LogP contribution is -2.45. The third kappa shape index (κ3) is 5.34. The maximum atomic E-state index is 11.3. The summed E-state index contributed by atoms with van der Waals surface area (Å²) >= 11 is 0. The van der Waals surface area contributed by atoms with E-state index in [9.17, 15) is 4.79 Å². The van der Waals surface area contributed by atoms with Crippen molar-refractivity contribution in [1.82, 2.24) is 0 Å². The fourth-order valence-corrected chi connectivity index (χ4v) is 2.55. The van der Waals surface area contributed by atoms with E-state index >= 15 is 0 Å². The molecule has 2 unspecified atom stereocenters. The van der Waals surface area contributed by atoms with Crippen molar-refractivity contribution in [2.75, 3.05) is 6.61 Å². The van der Waals surface area contributed by atoms with Crippen molar-refractivity contribution in [3.63, 3.8) is 0 Å². The molecule has 0 heterocycles. The molecular formula is C19H25NO3. The molecule has 124 valence electrons. The van der Waals surface area contributed by atoms with Gasteiger partial charge in [-0.05, 0) is 29.7 Å². The van der Waals surface area contributed by atoms with Gasteiger partial charge in [-0.2, -0.15) is 0 Å². The Morgan fingerprint density at radius 1 is 1.39 bits per heavy atom. The molecule has 4 nitrogen and oxygen atoms in total. The molecule has 0 aromatic heterocycles. The minimum Gasteiger partial charge on any atom is -0.454 e. The van der Waals surface area contributed by atoms with Crippen LogP contribution in [0.15, 0.2) is 48.1 Å². The largest absolute Gasteiger partial charge is 0.454 e. The van der Waals surface area contributed by atoms with Crippen LogP contribution in [0, 0.1) is 0 Å². The average Bonchev–Trinajstić information content (AvgIpc) is 2.51. The number of unbranched alkanes of at least 4 members (excludes halogenated alkanes) is 1. The Hall–Kier alpha value is -1.91. The maximum Gasteiger partial charge on any atom is 0.303 e. The molecule has 2 atom stereocenters. The highest BCUT2D eigenvalue weighted by atomic mass is 16.5. The lowest BCUT2D eigenvalue weighted by atomic mass is 9.90. The molecular weight excluding hydrogens is 290 g/mol. The second-order valence-corrected chi connectivity index (χ2v) is 5.85. The standard InChI is InChI=1S/C19H25NO3/c1-3-4-12-22-19(20)11-10-18(23-15(2)21)17(14-19)13-16-8-6-5-7-9-16/h5-11,13,18H,3-4,12,14,20H2,1-2H3. The number of nitrogens with two attached hydrogens (primary N) is 1. The lowest BCUT2D eigenvalue weighted by molar-refractivity contribution is -0.143. The zero-order valence-electron chi connectivity index (χ0n) is 13.8. The van der Waals surface area contributed by atoms with Crippen molar-refractivity contribution in [3.05, 3.63) is 53.6 Å². The second kappa shape index (κ2) is 8.09. The molecule has 0 spiro atoms. The first-order valence-electron chi connectivity index (χ1n) is 8.07. The smallest absolute Gasteiger partial charge is 0.303 e. The normalized spacial score (nSPS) is 25.5. The molecule has 0 amide bonds. The first-order chi connectivity index (χ1) is 11.0. The average molecular weight is 315 g/mol. The van der Waals surface area contributed by atoms with Crippen molar-refractivity contribution in [2.45, 2.75) is 44.9 Å². The van der Waals surface area contributed by atoms with Crippen LogP contribution in [0.1, 0.15) is 38.7 Å². The molecule has 1 aliphatic rings. The zero-order chi connectivity index (χ0) is 16.7. The van der Waals surface area contributed by atoms with Gasteiger partial charge in [0.25, 0.3) is 0 Å². The van der Waals surface area contributed by atoms with Gasteiger partial charge in [0.15, 0.2) is 0 Å². The van der Waals surface area contributed by atoms with E-state index in [2.05, 4.69) is 6.92 Å². The lowest BCUT2D eigenvalue weighted by Gasteiger charge is -2.34. The number of hydrogen-bond acceptors (Lipinski definition) is 4. The summed E-state index contributed by atoms with van der Waals surface area (Å²) < 4.78 is 11.2. The first-order valence-corrected chi connectivity index (χ1v) is 8.07. The molecule has 1 aromatic carbocycles. The topological polar surface area (TPSA) is 61.6 Å². The molecule has 1 aliphatic carbocycles. The molecule has 0 saturated heterocycles. The van der Waals surface area contributed by atoms with Crippen LogP contribution in [0.25, 0.3) is 6.08 Å². The number of esters is 1. The third-order valence-corrected chi connectivity index (χ3v) is 3.71. The van der Waals surface area contributed by atoms with Crippen LogP contribution in [0.2, 0.25) is 0 Å². The summed E-state index contributed by atoms with van der Waals surface area (Å²) in [6.07, 6.45) is 7.77. The number of hydrogen-bond donors (Lipinski definition) is 1. The summed E-state index contributed by atoms with van der Waals surface area (Å²) in [4.78, 5) is 11.3. The molecule has 0 bridgehead atoms. The van der Waals surface area contributed by atoms with Gasteiger partial charge in [0.1, 0.15) is 11.8 Å². The highest BCUT2D eigenvalue weighted by molar-refractivity contribution is 5.67. The monoisotopic (exact) mass is 315 g/mol. The molecule has 0 aliphatic heterocycles. The van der Waals surface area contributed by atoms with Crippen LogP contribution < -0.4 is 5.73 Å². The van der Waals surface area contributed by atoms with Gasteiger partial charge >= 0.3 is 5.97 Å². The van der Waals surface area contributed by atoms with Crippen molar-refractivity contribution < 1.29 is 14.3 Å². The van der Waals surface area contributed by atoms with E-state index in [0.717, 1.165) is 24.0 Å². The number of benzene rings is 1. The van der Waals surface area contributed by atoms with Gasteiger partial charge in [-0.15, -0.1) is 0 Å². The summed E-state index contributed by atoms with van der Waals surface area (Å²) in [6, 6.07) is 9.92. The van der Waals surface area contributed by atoms with Crippen LogP contribution in [-0.2, 0) is 14.3 Å². The van der Waals surface area contributed by atoms with Crippen LogP contribution >= 0.6 is 0 Å². The number of carbonyl (C=O) groups excluding carboxylic acids is 1. The quantitative estimate of drug-likeness (QED) is 0.378. The van der Waals surface area contributed by atoms with Gasteiger partial charge in [0.2, 0.25) is 0 Å².